The molecule has 0 spiro atoms. The summed E-state index contributed by atoms with van der Waals surface area (Å²) in [4.78, 5) is 40.1. The lowest BCUT2D eigenvalue weighted by Crippen LogP contribution is -2.17. The summed E-state index contributed by atoms with van der Waals surface area (Å²) >= 11 is 0. The highest BCUT2D eigenvalue weighted by molar-refractivity contribution is 6.11. The van der Waals surface area contributed by atoms with E-state index in [1.807, 2.05) is 42.5 Å². The summed E-state index contributed by atoms with van der Waals surface area (Å²) in [6.07, 6.45) is 1.30. The number of hydrogen-bond donors (Lipinski definition) is 2. The van der Waals surface area contributed by atoms with Crippen LogP contribution >= 0.6 is 0 Å². The van der Waals surface area contributed by atoms with Crippen LogP contribution in [0, 0.1) is 6.92 Å². The molecular formula is C28H23N7O4. The van der Waals surface area contributed by atoms with Crippen LogP contribution in [0.25, 0.3) is 38.8 Å². The van der Waals surface area contributed by atoms with Crippen LogP contribution in [0.5, 0.6) is 0 Å². The molecule has 1 amide bonds. The zero-order valence-corrected chi connectivity index (χ0v) is 21.3. The number of hydrogen-bond acceptors (Lipinski definition) is 6. The third-order valence-corrected chi connectivity index (χ3v) is 6.60. The Morgan fingerprint density at radius 1 is 0.949 bits per heavy atom. The number of carbonyl (C=O) groups is 1. The van der Waals surface area contributed by atoms with Crippen molar-refractivity contribution in [2.24, 2.45) is 14.1 Å². The largest absolute Gasteiger partial charge is 0.381 e. The fourth-order valence-electron chi connectivity index (χ4n) is 4.71. The molecular weight excluding hydrogens is 498 g/mol. The van der Waals surface area contributed by atoms with Gasteiger partial charge >= 0.3 is 5.69 Å². The Kier molecular flexibility index (Phi) is 5.60. The molecule has 3 aromatic carbocycles. The first kappa shape index (κ1) is 23.9. The third kappa shape index (κ3) is 4.15. The predicted molar refractivity (Wildman–Crippen MR) is 146 cm³/mol. The van der Waals surface area contributed by atoms with E-state index in [0.717, 1.165) is 22.2 Å². The van der Waals surface area contributed by atoms with E-state index in [1.54, 1.807) is 50.0 Å². The van der Waals surface area contributed by atoms with Gasteiger partial charge in [0.1, 0.15) is 12.1 Å². The molecule has 0 fully saturated rings. The van der Waals surface area contributed by atoms with Crippen molar-refractivity contribution >= 4 is 22.5 Å². The quantitative estimate of drug-likeness (QED) is 0.356. The number of anilines is 1. The second kappa shape index (κ2) is 9.14. The number of nitrogens with zero attached hydrogens (tertiary/aromatic N) is 5. The Morgan fingerprint density at radius 2 is 1.69 bits per heavy atom. The van der Waals surface area contributed by atoms with E-state index < -0.39 is 0 Å². The molecule has 39 heavy (non-hydrogen) atoms. The van der Waals surface area contributed by atoms with Gasteiger partial charge in [-0.3, -0.25) is 19.3 Å². The van der Waals surface area contributed by atoms with Crippen LogP contribution in [-0.4, -0.2) is 35.2 Å². The van der Waals surface area contributed by atoms with Crippen LogP contribution in [0.15, 0.2) is 87.2 Å². The maximum atomic E-state index is 13.3. The molecule has 0 aliphatic heterocycles. The molecule has 2 N–H and O–H groups in total. The summed E-state index contributed by atoms with van der Waals surface area (Å²) in [5.74, 6) is 0.176. The number of aromatic nitrogens is 6. The Morgan fingerprint density at radius 3 is 2.38 bits per heavy atom. The number of fused-ring (bicyclic) bond motifs is 1. The van der Waals surface area contributed by atoms with Crippen LogP contribution in [0.3, 0.4) is 0 Å². The summed E-state index contributed by atoms with van der Waals surface area (Å²) in [5, 5.41) is 12.0. The van der Waals surface area contributed by atoms with Crippen molar-refractivity contribution in [3.63, 3.8) is 0 Å². The Hall–Kier alpha value is -5.45. The number of H-pyrrole nitrogens is 1. The van der Waals surface area contributed by atoms with Crippen LogP contribution in [-0.2, 0) is 14.1 Å². The van der Waals surface area contributed by atoms with E-state index in [2.05, 4.69) is 20.5 Å². The predicted octanol–water partition coefficient (Wildman–Crippen LogP) is 3.63. The molecule has 0 aliphatic rings. The van der Waals surface area contributed by atoms with E-state index in [0.29, 0.717) is 28.1 Å². The number of rotatable bonds is 5. The number of amides is 1. The van der Waals surface area contributed by atoms with Gasteiger partial charge in [-0.05, 0) is 53.9 Å². The van der Waals surface area contributed by atoms with Gasteiger partial charge in [-0.2, -0.15) is 19.6 Å². The first-order valence-corrected chi connectivity index (χ1v) is 12.1. The molecule has 6 rings (SSSR count). The molecule has 0 radical (unpaired) electrons. The van der Waals surface area contributed by atoms with Gasteiger partial charge in [0.15, 0.2) is 5.69 Å². The molecule has 0 unspecified atom stereocenters. The van der Waals surface area contributed by atoms with Crippen LogP contribution < -0.4 is 16.6 Å². The van der Waals surface area contributed by atoms with Gasteiger partial charge in [-0.25, -0.2) is 4.79 Å². The molecule has 0 atom stereocenters. The summed E-state index contributed by atoms with van der Waals surface area (Å²) in [6, 6.07) is 20.3. The number of aromatic amines is 1. The van der Waals surface area contributed by atoms with Gasteiger partial charge < -0.3 is 9.84 Å². The van der Waals surface area contributed by atoms with Gasteiger partial charge in [-0.15, -0.1) is 0 Å². The van der Waals surface area contributed by atoms with Crippen molar-refractivity contribution in [3.8, 4) is 27.9 Å². The van der Waals surface area contributed by atoms with Gasteiger partial charge in [0.25, 0.3) is 11.5 Å². The number of benzene rings is 3. The molecule has 11 heteroatoms. The molecule has 0 bridgehead atoms. The van der Waals surface area contributed by atoms with E-state index in [1.165, 1.54) is 15.7 Å². The van der Waals surface area contributed by atoms with Crippen LogP contribution in [0.1, 0.15) is 16.2 Å². The normalized spacial score (nSPS) is 11.3. The Bertz CT molecular complexity index is 1990. The zero-order chi connectivity index (χ0) is 27.3. The zero-order valence-electron chi connectivity index (χ0n) is 21.3. The standard InChI is InChI=1S/C28H23N7O4/c1-16-24(27(37)34(3)39-16)18-9-7-17(8-10-18)19-11-12-23-22(13-19)25(32-33(23)2)26(36)31-20-5-4-6-21(14-20)35-28(38)29-15-30-35/h4-15H,1-3H3,(H,31,36)(H,29,30,38). The lowest BCUT2D eigenvalue weighted by atomic mass is 9.99. The maximum absolute atomic E-state index is 13.3. The number of aryl methyl sites for hydroxylation is 3. The lowest BCUT2D eigenvalue weighted by molar-refractivity contribution is 0.102. The van der Waals surface area contributed by atoms with E-state index in [4.69, 9.17) is 4.52 Å². The topological polar surface area (TPSA) is 133 Å². The summed E-state index contributed by atoms with van der Waals surface area (Å²) in [7, 11) is 3.37. The highest BCUT2D eigenvalue weighted by Crippen LogP contribution is 2.29. The molecule has 0 saturated carbocycles. The molecule has 11 nitrogen and oxygen atoms in total. The third-order valence-electron chi connectivity index (χ3n) is 6.60. The smallest absolute Gasteiger partial charge is 0.347 e. The maximum Gasteiger partial charge on any atom is 0.347 e. The number of nitrogens with one attached hydrogen (secondary N) is 2. The highest BCUT2D eigenvalue weighted by atomic mass is 16.5. The average molecular weight is 522 g/mol. The SMILES string of the molecule is Cc1on(C)c(=O)c1-c1ccc(-c2ccc3c(c2)c(C(=O)Nc2cccc(-n4nc[nH]c4=O)c2)nn3C)cc1. The van der Waals surface area contributed by atoms with Gasteiger partial charge in [0.05, 0.1) is 16.8 Å². The monoisotopic (exact) mass is 521 g/mol. The van der Waals surface area contributed by atoms with Gasteiger partial charge in [0.2, 0.25) is 0 Å². The van der Waals surface area contributed by atoms with E-state index >= 15 is 0 Å². The fraction of sp³-hybridized carbons (Fsp3) is 0.107. The molecule has 0 saturated heterocycles. The molecule has 194 valence electrons. The van der Waals surface area contributed by atoms with Crippen molar-refractivity contribution < 1.29 is 9.32 Å². The van der Waals surface area contributed by atoms with Crippen molar-refractivity contribution in [3.05, 3.63) is 105 Å². The summed E-state index contributed by atoms with van der Waals surface area (Å²) < 4.78 is 9.49. The van der Waals surface area contributed by atoms with Crippen molar-refractivity contribution in [2.45, 2.75) is 6.92 Å². The van der Waals surface area contributed by atoms with Crippen molar-refractivity contribution in [1.82, 2.24) is 29.3 Å². The van der Waals surface area contributed by atoms with E-state index in [9.17, 15) is 14.4 Å². The van der Waals surface area contributed by atoms with Crippen molar-refractivity contribution in [2.75, 3.05) is 5.32 Å². The van der Waals surface area contributed by atoms with Crippen LogP contribution in [0.4, 0.5) is 5.69 Å². The first-order valence-electron chi connectivity index (χ1n) is 12.1. The van der Waals surface area contributed by atoms with Crippen LogP contribution in [0.2, 0.25) is 0 Å². The fourth-order valence-corrected chi connectivity index (χ4v) is 4.71. The van der Waals surface area contributed by atoms with E-state index in [-0.39, 0.29) is 22.9 Å². The minimum atomic E-state index is -0.383. The second-order valence-corrected chi connectivity index (χ2v) is 9.12. The summed E-state index contributed by atoms with van der Waals surface area (Å²) in [5.41, 5.74) is 4.64. The highest BCUT2D eigenvalue weighted by Gasteiger charge is 2.18. The number of carbonyl (C=O) groups excluding carboxylic acids is 1. The lowest BCUT2D eigenvalue weighted by Gasteiger charge is -2.07. The summed E-state index contributed by atoms with van der Waals surface area (Å²) in [6.45, 7) is 1.76. The second-order valence-electron chi connectivity index (χ2n) is 9.12. The van der Waals surface area contributed by atoms with Crippen molar-refractivity contribution in [1.29, 1.82) is 0 Å². The van der Waals surface area contributed by atoms with Gasteiger partial charge in [0, 0.05) is 25.2 Å². The molecule has 3 heterocycles. The molecule has 6 aromatic rings. The Balaban J connectivity index is 1.32. The molecule has 3 aromatic heterocycles. The Labute approximate surface area is 220 Å². The average Bonchev–Trinajstić information content (AvgIpc) is 3.59. The minimum absolute atomic E-state index is 0.186. The minimum Gasteiger partial charge on any atom is -0.381 e. The first-order chi connectivity index (χ1) is 18.8. The van der Waals surface area contributed by atoms with Gasteiger partial charge in [-0.1, -0.05) is 36.4 Å². The molecule has 0 aliphatic carbocycles.